The van der Waals surface area contributed by atoms with Crippen LogP contribution in [0.2, 0.25) is 0 Å². The summed E-state index contributed by atoms with van der Waals surface area (Å²) in [7, 11) is 1.68. The first kappa shape index (κ1) is 19.0. The van der Waals surface area contributed by atoms with Gasteiger partial charge < -0.3 is 10.1 Å². The summed E-state index contributed by atoms with van der Waals surface area (Å²) in [6.45, 7) is 8.85. The Morgan fingerprint density at radius 1 is 1.14 bits per heavy atom. The molecule has 0 atom stereocenters. The maximum absolute atomic E-state index is 5.33. The van der Waals surface area contributed by atoms with E-state index in [-0.39, 0.29) is 0 Å². The highest BCUT2D eigenvalue weighted by molar-refractivity contribution is 9.11. The van der Waals surface area contributed by atoms with Crippen LogP contribution in [0.5, 0.6) is 5.75 Å². The highest BCUT2D eigenvalue weighted by Crippen LogP contribution is 2.34. The molecule has 0 amide bonds. The maximum atomic E-state index is 5.33. The van der Waals surface area contributed by atoms with Gasteiger partial charge in [0.25, 0.3) is 0 Å². The van der Waals surface area contributed by atoms with E-state index in [0.717, 1.165) is 27.8 Å². The smallest absolute Gasteiger partial charge is 0.147 e. The molecule has 0 spiro atoms. The first-order valence-corrected chi connectivity index (χ1v) is 9.21. The molecule has 1 rings (SSSR count). The van der Waals surface area contributed by atoms with Gasteiger partial charge in [-0.15, -0.1) is 0 Å². The summed E-state index contributed by atoms with van der Waals surface area (Å²) in [5, 5.41) is 3.58. The average molecular weight is 421 g/mol. The summed E-state index contributed by atoms with van der Waals surface area (Å²) in [6, 6.07) is 4.22. The zero-order valence-electron chi connectivity index (χ0n) is 13.6. The average Bonchev–Trinajstić information content (AvgIpc) is 2.38. The van der Waals surface area contributed by atoms with Crippen molar-refractivity contribution < 1.29 is 4.74 Å². The van der Waals surface area contributed by atoms with Crippen molar-refractivity contribution in [1.82, 2.24) is 5.32 Å². The Bertz CT molecular complexity index is 423. The van der Waals surface area contributed by atoms with Crippen molar-refractivity contribution in [3.63, 3.8) is 0 Å². The lowest BCUT2D eigenvalue weighted by atomic mass is 9.87. The van der Waals surface area contributed by atoms with Gasteiger partial charge in [-0.2, -0.15) is 0 Å². The lowest BCUT2D eigenvalue weighted by molar-refractivity contribution is 0.302. The largest absolute Gasteiger partial charge is 0.494 e. The molecule has 0 aliphatic carbocycles. The molecule has 0 unspecified atom stereocenters. The Hall–Kier alpha value is -0.0600. The first-order valence-electron chi connectivity index (χ1n) is 7.62. The molecule has 0 radical (unpaired) electrons. The van der Waals surface area contributed by atoms with Gasteiger partial charge in [0.15, 0.2) is 0 Å². The number of halogens is 2. The molecule has 0 aliphatic heterocycles. The summed E-state index contributed by atoms with van der Waals surface area (Å²) in [5.74, 6) is 0.846. The predicted octanol–water partition coefficient (Wildman–Crippen LogP) is 5.92. The van der Waals surface area contributed by atoms with E-state index < -0.39 is 0 Å². The summed E-state index contributed by atoms with van der Waals surface area (Å²) in [4.78, 5) is 0. The van der Waals surface area contributed by atoms with Crippen LogP contribution in [0.1, 0.15) is 52.0 Å². The quantitative estimate of drug-likeness (QED) is 0.500. The van der Waals surface area contributed by atoms with E-state index in [9.17, 15) is 0 Å². The second-order valence-corrected chi connectivity index (χ2v) is 8.03. The molecule has 1 aromatic carbocycles. The molecule has 120 valence electrons. The molecule has 0 aromatic heterocycles. The minimum Gasteiger partial charge on any atom is -0.494 e. The normalized spacial score (nSPS) is 11.7. The van der Waals surface area contributed by atoms with Gasteiger partial charge >= 0.3 is 0 Å². The van der Waals surface area contributed by atoms with Crippen molar-refractivity contribution >= 4 is 31.9 Å². The zero-order valence-corrected chi connectivity index (χ0v) is 16.7. The lowest BCUT2D eigenvalue weighted by Crippen LogP contribution is -2.29. The highest BCUT2D eigenvalue weighted by Gasteiger charge is 2.16. The molecular formula is C17H27Br2NO. The topological polar surface area (TPSA) is 21.3 Å². The molecule has 21 heavy (non-hydrogen) atoms. The fourth-order valence-electron chi connectivity index (χ4n) is 2.40. The molecular weight excluding hydrogens is 394 g/mol. The van der Waals surface area contributed by atoms with Crippen molar-refractivity contribution in [2.45, 2.75) is 53.0 Å². The van der Waals surface area contributed by atoms with E-state index in [1.54, 1.807) is 7.11 Å². The standard InChI is InChI=1S/C17H27Br2NO/c1-5-6-7-8-17(2,3)12-20-11-13-9-14(18)16(21-4)15(19)10-13/h9-10,20H,5-8,11-12H2,1-4H3. The van der Waals surface area contributed by atoms with Crippen LogP contribution in [-0.4, -0.2) is 13.7 Å². The van der Waals surface area contributed by atoms with Gasteiger partial charge in [-0.05, 0) is 61.4 Å². The van der Waals surface area contributed by atoms with Crippen LogP contribution in [0, 0.1) is 5.41 Å². The molecule has 2 nitrogen and oxygen atoms in total. The number of nitrogens with one attached hydrogen (secondary N) is 1. The van der Waals surface area contributed by atoms with E-state index in [1.165, 1.54) is 31.2 Å². The fraction of sp³-hybridized carbons (Fsp3) is 0.647. The van der Waals surface area contributed by atoms with Gasteiger partial charge in [-0.1, -0.05) is 40.0 Å². The molecule has 0 bridgehead atoms. The van der Waals surface area contributed by atoms with Crippen molar-refractivity contribution in [2.75, 3.05) is 13.7 Å². The summed E-state index contributed by atoms with van der Waals surface area (Å²) >= 11 is 7.10. The summed E-state index contributed by atoms with van der Waals surface area (Å²) in [6.07, 6.45) is 5.23. The SMILES string of the molecule is CCCCCC(C)(C)CNCc1cc(Br)c(OC)c(Br)c1. The molecule has 1 N–H and O–H groups in total. The molecule has 0 aliphatic rings. The Kier molecular flexibility index (Phi) is 8.28. The minimum atomic E-state index is 0.357. The number of unbranched alkanes of at least 4 members (excludes halogenated alkanes) is 2. The van der Waals surface area contributed by atoms with Crippen LogP contribution in [0.25, 0.3) is 0 Å². The monoisotopic (exact) mass is 419 g/mol. The Labute approximate surface area is 146 Å². The van der Waals surface area contributed by atoms with E-state index in [2.05, 4.69) is 70.1 Å². The zero-order chi connectivity index (χ0) is 15.9. The molecule has 1 aromatic rings. The van der Waals surface area contributed by atoms with Gasteiger partial charge in [0.05, 0.1) is 16.1 Å². The van der Waals surface area contributed by atoms with Crippen LogP contribution in [0.4, 0.5) is 0 Å². The lowest BCUT2D eigenvalue weighted by Gasteiger charge is -2.25. The Morgan fingerprint density at radius 2 is 1.76 bits per heavy atom. The van der Waals surface area contributed by atoms with Crippen LogP contribution < -0.4 is 10.1 Å². The second-order valence-electron chi connectivity index (χ2n) is 6.32. The van der Waals surface area contributed by atoms with Gasteiger partial charge in [0.1, 0.15) is 5.75 Å². The number of rotatable bonds is 9. The number of ether oxygens (including phenoxy) is 1. The Balaban J connectivity index is 2.49. The molecule has 0 fully saturated rings. The number of benzene rings is 1. The highest BCUT2D eigenvalue weighted by atomic mass is 79.9. The third-order valence-electron chi connectivity index (χ3n) is 3.65. The summed E-state index contributed by atoms with van der Waals surface area (Å²) < 4.78 is 7.30. The van der Waals surface area contributed by atoms with Gasteiger partial charge in [-0.25, -0.2) is 0 Å². The fourth-order valence-corrected chi connectivity index (χ4v) is 4.00. The molecule has 4 heteroatoms. The third-order valence-corrected chi connectivity index (χ3v) is 4.83. The minimum absolute atomic E-state index is 0.357. The van der Waals surface area contributed by atoms with Crippen LogP contribution >= 0.6 is 31.9 Å². The molecule has 0 heterocycles. The van der Waals surface area contributed by atoms with E-state index >= 15 is 0 Å². The van der Waals surface area contributed by atoms with E-state index in [1.807, 2.05) is 0 Å². The Morgan fingerprint density at radius 3 is 2.29 bits per heavy atom. The first-order chi connectivity index (χ1) is 9.89. The van der Waals surface area contributed by atoms with Gasteiger partial charge in [0.2, 0.25) is 0 Å². The van der Waals surface area contributed by atoms with Crippen molar-refractivity contribution in [3.8, 4) is 5.75 Å². The van der Waals surface area contributed by atoms with Crippen molar-refractivity contribution in [3.05, 3.63) is 26.6 Å². The maximum Gasteiger partial charge on any atom is 0.147 e. The number of hydrogen-bond acceptors (Lipinski definition) is 2. The second kappa shape index (κ2) is 9.16. The number of methoxy groups -OCH3 is 1. The predicted molar refractivity (Wildman–Crippen MR) is 98.0 cm³/mol. The van der Waals surface area contributed by atoms with Crippen molar-refractivity contribution in [1.29, 1.82) is 0 Å². The van der Waals surface area contributed by atoms with Gasteiger partial charge in [-0.3, -0.25) is 0 Å². The van der Waals surface area contributed by atoms with Crippen LogP contribution in [0.3, 0.4) is 0 Å². The van der Waals surface area contributed by atoms with E-state index in [0.29, 0.717) is 5.41 Å². The van der Waals surface area contributed by atoms with Gasteiger partial charge in [0, 0.05) is 13.1 Å². The van der Waals surface area contributed by atoms with Crippen LogP contribution in [-0.2, 0) is 6.54 Å². The third kappa shape index (κ3) is 6.70. The molecule has 0 saturated carbocycles. The van der Waals surface area contributed by atoms with Crippen LogP contribution in [0.15, 0.2) is 21.1 Å². The summed E-state index contributed by atoms with van der Waals surface area (Å²) in [5.41, 5.74) is 1.61. The van der Waals surface area contributed by atoms with E-state index in [4.69, 9.17) is 4.74 Å². The number of hydrogen-bond donors (Lipinski definition) is 1. The molecule has 0 saturated heterocycles. The van der Waals surface area contributed by atoms with Crippen molar-refractivity contribution in [2.24, 2.45) is 5.41 Å².